The monoisotopic (exact) mass is 363 g/mol. The van der Waals surface area contributed by atoms with E-state index in [1.165, 1.54) is 4.90 Å². The van der Waals surface area contributed by atoms with Gasteiger partial charge in [-0.15, -0.1) is 0 Å². The lowest BCUT2D eigenvalue weighted by Crippen LogP contribution is -2.63. The molecule has 0 radical (unpaired) electrons. The summed E-state index contributed by atoms with van der Waals surface area (Å²) in [5, 5.41) is 2.86. The number of carbonyl (C=O) groups is 3. The lowest BCUT2D eigenvalue weighted by atomic mass is 9.98. The van der Waals surface area contributed by atoms with Crippen molar-refractivity contribution in [1.29, 1.82) is 0 Å². The smallest absolute Gasteiger partial charge is 0.258 e. The summed E-state index contributed by atoms with van der Waals surface area (Å²) in [7, 11) is 0. The molecule has 2 aliphatic rings. The van der Waals surface area contributed by atoms with Gasteiger partial charge in [0.05, 0.1) is 11.3 Å². The van der Waals surface area contributed by atoms with E-state index in [1.54, 1.807) is 23.1 Å². The zero-order valence-corrected chi connectivity index (χ0v) is 15.1. The second-order valence-electron chi connectivity index (χ2n) is 7.12. The minimum absolute atomic E-state index is 0.0212. The van der Waals surface area contributed by atoms with Crippen LogP contribution in [0.3, 0.4) is 0 Å². The summed E-state index contributed by atoms with van der Waals surface area (Å²) in [4.78, 5) is 41.4. The number of hydrogen-bond donors (Lipinski definition) is 1. The zero-order chi connectivity index (χ0) is 19.0. The maximum Gasteiger partial charge on any atom is 0.258 e. The molecule has 2 aromatic rings. The third-order valence-electron chi connectivity index (χ3n) is 5.38. The molecule has 1 saturated heterocycles. The Hall–Kier alpha value is -3.15. The quantitative estimate of drug-likeness (QED) is 0.906. The van der Waals surface area contributed by atoms with Crippen LogP contribution in [0.1, 0.15) is 35.7 Å². The molecular formula is C21H21N3O3. The van der Waals surface area contributed by atoms with Crippen molar-refractivity contribution in [3.8, 4) is 0 Å². The van der Waals surface area contributed by atoms with E-state index in [9.17, 15) is 14.4 Å². The van der Waals surface area contributed by atoms with Crippen molar-refractivity contribution < 1.29 is 14.4 Å². The first kappa shape index (κ1) is 17.3. The van der Waals surface area contributed by atoms with E-state index in [0.717, 1.165) is 5.56 Å². The molecule has 6 nitrogen and oxygen atoms in total. The summed E-state index contributed by atoms with van der Waals surface area (Å²) < 4.78 is 0. The van der Waals surface area contributed by atoms with Crippen LogP contribution in [-0.4, -0.2) is 34.8 Å². The molecule has 138 valence electrons. The van der Waals surface area contributed by atoms with Crippen molar-refractivity contribution >= 4 is 23.4 Å². The van der Waals surface area contributed by atoms with E-state index in [-0.39, 0.29) is 24.3 Å². The summed E-state index contributed by atoms with van der Waals surface area (Å²) in [5.41, 5.74) is 1.27. The molecule has 27 heavy (non-hydrogen) atoms. The number of nitrogens with zero attached hydrogens (tertiary/aromatic N) is 2. The molecule has 0 bridgehead atoms. The Bertz CT molecular complexity index is 912. The van der Waals surface area contributed by atoms with Crippen LogP contribution >= 0.6 is 0 Å². The lowest BCUT2D eigenvalue weighted by Gasteiger charge is -2.48. The largest absolute Gasteiger partial charge is 0.350 e. The van der Waals surface area contributed by atoms with Gasteiger partial charge in [-0.25, -0.2) is 0 Å². The number of benzene rings is 2. The number of amides is 3. The van der Waals surface area contributed by atoms with Crippen LogP contribution in [0.25, 0.3) is 0 Å². The van der Waals surface area contributed by atoms with Crippen LogP contribution in [0.5, 0.6) is 0 Å². The normalized spacial score (nSPS) is 21.1. The Morgan fingerprint density at radius 2 is 1.78 bits per heavy atom. The van der Waals surface area contributed by atoms with Crippen LogP contribution in [0.15, 0.2) is 54.6 Å². The Morgan fingerprint density at radius 1 is 1.07 bits per heavy atom. The molecule has 1 N–H and O–H groups in total. The summed E-state index contributed by atoms with van der Waals surface area (Å²) in [6, 6.07) is 16.7. The number of fused-ring (bicyclic) bond motifs is 3. The minimum atomic E-state index is -0.813. The summed E-state index contributed by atoms with van der Waals surface area (Å²) in [6.45, 7) is 2.17. The maximum absolute atomic E-state index is 13.1. The zero-order valence-electron chi connectivity index (χ0n) is 15.1. The highest BCUT2D eigenvalue weighted by Gasteiger charge is 2.53. The van der Waals surface area contributed by atoms with Gasteiger partial charge in [0.1, 0.15) is 12.2 Å². The fourth-order valence-corrected chi connectivity index (χ4v) is 3.94. The van der Waals surface area contributed by atoms with Gasteiger partial charge in [0.25, 0.3) is 5.91 Å². The number of anilines is 1. The van der Waals surface area contributed by atoms with E-state index in [4.69, 9.17) is 0 Å². The molecule has 6 heteroatoms. The molecule has 3 amide bonds. The van der Waals surface area contributed by atoms with Crippen molar-refractivity contribution in [1.82, 2.24) is 10.2 Å². The van der Waals surface area contributed by atoms with E-state index >= 15 is 0 Å². The van der Waals surface area contributed by atoms with E-state index < -0.39 is 5.66 Å². The molecule has 2 aromatic carbocycles. The van der Waals surface area contributed by atoms with Gasteiger partial charge in [0, 0.05) is 13.0 Å². The van der Waals surface area contributed by atoms with Crippen molar-refractivity contribution in [2.24, 2.45) is 0 Å². The highest BCUT2D eigenvalue weighted by atomic mass is 16.2. The number of nitrogens with one attached hydrogen (secondary N) is 1. The summed E-state index contributed by atoms with van der Waals surface area (Å²) in [5.74, 6) is -0.479. The van der Waals surface area contributed by atoms with Gasteiger partial charge in [0.15, 0.2) is 0 Å². The topological polar surface area (TPSA) is 69.7 Å². The van der Waals surface area contributed by atoms with Crippen LogP contribution < -0.4 is 10.2 Å². The summed E-state index contributed by atoms with van der Waals surface area (Å²) in [6.07, 6.45) is 0.873. The average Bonchev–Trinajstić information content (AvgIpc) is 3.00. The predicted octanol–water partition coefficient (Wildman–Crippen LogP) is 2.30. The van der Waals surface area contributed by atoms with E-state index in [1.807, 2.05) is 43.3 Å². The molecule has 0 aliphatic carbocycles. The number of carbonyl (C=O) groups excluding carboxylic acids is 3. The second kappa shape index (κ2) is 6.54. The van der Waals surface area contributed by atoms with Gasteiger partial charge in [-0.2, -0.15) is 0 Å². The highest BCUT2D eigenvalue weighted by molar-refractivity contribution is 6.11. The molecule has 0 aromatic heterocycles. The van der Waals surface area contributed by atoms with Crippen molar-refractivity contribution in [2.45, 2.75) is 32.0 Å². The number of para-hydroxylation sites is 1. The standard InChI is InChI=1S/C21H21N3O3/c1-21-12-11-19(26)24(21)17-10-6-5-9-16(17)20(27)23(21)14-18(25)22-13-15-7-3-2-4-8-15/h2-10H,11-14H2,1H3,(H,22,25). The van der Waals surface area contributed by atoms with Gasteiger partial charge in [-0.1, -0.05) is 42.5 Å². The fraction of sp³-hybridized carbons (Fsp3) is 0.286. The summed E-state index contributed by atoms with van der Waals surface area (Å²) >= 11 is 0. The Balaban J connectivity index is 1.57. The van der Waals surface area contributed by atoms with E-state index in [0.29, 0.717) is 30.6 Å². The molecule has 0 saturated carbocycles. The van der Waals surface area contributed by atoms with Gasteiger partial charge >= 0.3 is 0 Å². The van der Waals surface area contributed by atoms with Crippen LogP contribution in [0, 0.1) is 0 Å². The Labute approximate surface area is 157 Å². The second-order valence-corrected chi connectivity index (χ2v) is 7.12. The molecule has 4 rings (SSSR count). The fourth-order valence-electron chi connectivity index (χ4n) is 3.94. The van der Waals surface area contributed by atoms with Crippen LogP contribution in [0.2, 0.25) is 0 Å². The molecule has 1 fully saturated rings. The first-order chi connectivity index (χ1) is 13.0. The molecule has 1 unspecified atom stereocenters. The number of hydrogen-bond acceptors (Lipinski definition) is 3. The molecule has 1 atom stereocenters. The highest BCUT2D eigenvalue weighted by Crippen LogP contribution is 2.43. The minimum Gasteiger partial charge on any atom is -0.350 e. The molecule has 2 heterocycles. The third kappa shape index (κ3) is 2.87. The first-order valence-electron chi connectivity index (χ1n) is 9.05. The predicted molar refractivity (Wildman–Crippen MR) is 101 cm³/mol. The van der Waals surface area contributed by atoms with E-state index in [2.05, 4.69) is 5.32 Å². The van der Waals surface area contributed by atoms with Gasteiger partial charge in [0.2, 0.25) is 11.8 Å². The van der Waals surface area contributed by atoms with Gasteiger partial charge in [-0.05, 0) is 31.0 Å². The molecular weight excluding hydrogens is 342 g/mol. The maximum atomic E-state index is 13.1. The molecule has 2 aliphatic heterocycles. The van der Waals surface area contributed by atoms with Gasteiger partial charge < -0.3 is 10.2 Å². The first-order valence-corrected chi connectivity index (χ1v) is 9.05. The average molecular weight is 363 g/mol. The lowest BCUT2D eigenvalue weighted by molar-refractivity contribution is -0.124. The Morgan fingerprint density at radius 3 is 2.56 bits per heavy atom. The van der Waals surface area contributed by atoms with Crippen LogP contribution in [0.4, 0.5) is 5.69 Å². The van der Waals surface area contributed by atoms with Crippen molar-refractivity contribution in [3.63, 3.8) is 0 Å². The third-order valence-corrected chi connectivity index (χ3v) is 5.38. The Kier molecular flexibility index (Phi) is 4.18. The van der Waals surface area contributed by atoms with Gasteiger partial charge in [-0.3, -0.25) is 19.3 Å². The van der Waals surface area contributed by atoms with Crippen molar-refractivity contribution in [2.75, 3.05) is 11.4 Å². The van der Waals surface area contributed by atoms with Crippen LogP contribution in [-0.2, 0) is 16.1 Å². The van der Waals surface area contributed by atoms with Crippen molar-refractivity contribution in [3.05, 3.63) is 65.7 Å². The number of rotatable bonds is 4. The molecule has 0 spiro atoms. The SMILES string of the molecule is CC12CCC(=O)N1c1ccccc1C(=O)N2CC(=O)NCc1ccccc1.